The molecule has 0 aromatic heterocycles. The van der Waals surface area contributed by atoms with Crippen molar-refractivity contribution in [2.75, 3.05) is 13.7 Å². The number of nitrogens with one attached hydrogen (secondary N) is 1. The fourth-order valence-electron chi connectivity index (χ4n) is 2.25. The van der Waals surface area contributed by atoms with Gasteiger partial charge in [-0.1, -0.05) is 42.5 Å². The van der Waals surface area contributed by atoms with E-state index in [0.29, 0.717) is 18.5 Å². The Morgan fingerprint density at radius 3 is 2.56 bits per heavy atom. The number of alkyl carbamates (subject to hydrolysis) is 1. The summed E-state index contributed by atoms with van der Waals surface area (Å²) in [5.74, 6) is 0.132. The molecule has 0 fully saturated rings. The van der Waals surface area contributed by atoms with Crippen LogP contribution in [0.1, 0.15) is 23.1 Å². The Balaban J connectivity index is 1.79. The number of hydrogen-bond donors (Lipinski definition) is 1. The van der Waals surface area contributed by atoms with Crippen LogP contribution in [-0.2, 0) is 17.5 Å². The molecule has 0 aliphatic heterocycles. The molecule has 0 atom stereocenters. The van der Waals surface area contributed by atoms with E-state index in [0.717, 1.165) is 17.7 Å². The number of ether oxygens (including phenoxy) is 2. The first-order valence-electron chi connectivity index (χ1n) is 8.26. The van der Waals surface area contributed by atoms with Crippen molar-refractivity contribution < 1.29 is 27.4 Å². The summed E-state index contributed by atoms with van der Waals surface area (Å²) in [4.78, 5) is 11.6. The number of hydrogen-bond acceptors (Lipinski definition) is 3. The van der Waals surface area contributed by atoms with E-state index < -0.39 is 17.8 Å². The zero-order chi connectivity index (χ0) is 19.7. The maximum Gasteiger partial charge on any atom is 0.416 e. The maximum atomic E-state index is 12.9. The van der Waals surface area contributed by atoms with Crippen molar-refractivity contribution in [1.82, 2.24) is 5.32 Å². The molecule has 0 aliphatic carbocycles. The maximum absolute atomic E-state index is 12.9. The Kier molecular flexibility index (Phi) is 7.28. The molecule has 144 valence electrons. The van der Waals surface area contributed by atoms with Gasteiger partial charge in [0.1, 0.15) is 12.4 Å². The second-order valence-corrected chi connectivity index (χ2v) is 5.67. The van der Waals surface area contributed by atoms with Gasteiger partial charge in [-0.15, -0.1) is 0 Å². The van der Waals surface area contributed by atoms with Crippen molar-refractivity contribution >= 4 is 12.2 Å². The Bertz CT molecular complexity index is 774. The largest absolute Gasteiger partial charge is 0.497 e. The van der Waals surface area contributed by atoms with E-state index in [1.807, 2.05) is 30.3 Å². The Labute approximate surface area is 155 Å². The van der Waals surface area contributed by atoms with Gasteiger partial charge in [-0.2, -0.15) is 13.2 Å². The van der Waals surface area contributed by atoms with Crippen molar-refractivity contribution in [2.24, 2.45) is 0 Å². The van der Waals surface area contributed by atoms with Gasteiger partial charge in [0.15, 0.2) is 0 Å². The van der Waals surface area contributed by atoms with E-state index in [4.69, 9.17) is 9.47 Å². The van der Waals surface area contributed by atoms with Crippen LogP contribution in [0.25, 0.3) is 6.08 Å². The van der Waals surface area contributed by atoms with Crippen LogP contribution in [0.15, 0.2) is 54.6 Å². The smallest absolute Gasteiger partial charge is 0.416 e. The summed E-state index contributed by atoms with van der Waals surface area (Å²) in [6.45, 7) is 0.479. The van der Waals surface area contributed by atoms with Gasteiger partial charge in [0.25, 0.3) is 0 Å². The average Bonchev–Trinajstić information content (AvgIpc) is 2.66. The van der Waals surface area contributed by atoms with Crippen LogP contribution in [0.3, 0.4) is 0 Å². The summed E-state index contributed by atoms with van der Waals surface area (Å²) in [5.41, 5.74) is 0.475. The van der Waals surface area contributed by atoms with E-state index in [1.54, 1.807) is 12.2 Å². The van der Waals surface area contributed by atoms with Crippen LogP contribution in [0.4, 0.5) is 18.0 Å². The molecule has 0 spiro atoms. The summed E-state index contributed by atoms with van der Waals surface area (Å²) in [6, 6.07) is 12.8. The predicted octanol–water partition coefficient (Wildman–Crippen LogP) is 5.04. The minimum absolute atomic E-state index is 0.132. The molecule has 0 bridgehead atoms. The molecule has 7 heteroatoms. The van der Waals surface area contributed by atoms with Gasteiger partial charge in [-0.25, -0.2) is 4.79 Å². The molecule has 0 saturated heterocycles. The third-order valence-corrected chi connectivity index (χ3v) is 3.60. The predicted molar refractivity (Wildman–Crippen MR) is 96.3 cm³/mol. The second-order valence-electron chi connectivity index (χ2n) is 5.67. The zero-order valence-corrected chi connectivity index (χ0v) is 14.8. The number of carbonyl (C=O) groups is 1. The van der Waals surface area contributed by atoms with Gasteiger partial charge in [-0.3, -0.25) is 0 Å². The highest BCUT2D eigenvalue weighted by Crippen LogP contribution is 2.32. The van der Waals surface area contributed by atoms with Gasteiger partial charge in [0, 0.05) is 6.54 Å². The number of benzene rings is 2. The highest BCUT2D eigenvalue weighted by Gasteiger charge is 2.31. The lowest BCUT2D eigenvalue weighted by Gasteiger charge is -2.10. The molecule has 0 saturated carbocycles. The third-order valence-electron chi connectivity index (χ3n) is 3.60. The highest BCUT2D eigenvalue weighted by molar-refractivity contribution is 5.67. The molecule has 2 aromatic rings. The van der Waals surface area contributed by atoms with Crippen molar-refractivity contribution in [3.63, 3.8) is 0 Å². The van der Waals surface area contributed by atoms with Crippen LogP contribution in [0.2, 0.25) is 0 Å². The summed E-state index contributed by atoms with van der Waals surface area (Å²) in [7, 11) is 1.31. The van der Waals surface area contributed by atoms with Gasteiger partial charge in [0.05, 0.1) is 12.7 Å². The SMILES string of the molecule is COc1cc(C=CCCNC(=O)OCc2ccccc2)cc(C(F)(F)F)c1. The Morgan fingerprint density at radius 2 is 1.89 bits per heavy atom. The average molecular weight is 379 g/mol. The summed E-state index contributed by atoms with van der Waals surface area (Å²) in [6.07, 6.45) is -1.32. The molecule has 1 amide bonds. The molecule has 2 aromatic carbocycles. The van der Waals surface area contributed by atoms with E-state index in [1.165, 1.54) is 13.2 Å². The van der Waals surface area contributed by atoms with Crippen LogP contribution in [-0.4, -0.2) is 19.7 Å². The molecule has 1 N–H and O–H groups in total. The summed E-state index contributed by atoms with van der Waals surface area (Å²) in [5, 5.41) is 2.58. The minimum Gasteiger partial charge on any atom is -0.497 e. The van der Waals surface area contributed by atoms with Gasteiger partial charge in [0.2, 0.25) is 0 Å². The normalized spacial score (nSPS) is 11.4. The lowest BCUT2D eigenvalue weighted by atomic mass is 10.1. The third kappa shape index (κ3) is 7.05. The van der Waals surface area contributed by atoms with Crippen LogP contribution >= 0.6 is 0 Å². The number of methoxy groups -OCH3 is 1. The van der Waals surface area contributed by atoms with Gasteiger partial charge >= 0.3 is 12.3 Å². The van der Waals surface area contributed by atoms with E-state index in [-0.39, 0.29) is 12.4 Å². The second kappa shape index (κ2) is 9.66. The first kappa shape index (κ1) is 20.4. The molecule has 4 nitrogen and oxygen atoms in total. The minimum atomic E-state index is -4.44. The summed E-state index contributed by atoms with van der Waals surface area (Å²) >= 11 is 0. The topological polar surface area (TPSA) is 47.6 Å². The molecule has 0 unspecified atom stereocenters. The fourth-order valence-corrected chi connectivity index (χ4v) is 2.25. The lowest BCUT2D eigenvalue weighted by Crippen LogP contribution is -2.24. The first-order chi connectivity index (χ1) is 12.9. The zero-order valence-electron chi connectivity index (χ0n) is 14.8. The first-order valence-corrected chi connectivity index (χ1v) is 8.26. The van der Waals surface area contributed by atoms with Crippen LogP contribution in [0, 0.1) is 0 Å². The van der Waals surface area contributed by atoms with E-state index in [9.17, 15) is 18.0 Å². The van der Waals surface area contributed by atoms with Crippen molar-refractivity contribution in [2.45, 2.75) is 19.2 Å². The standard InChI is InChI=1S/C20H20F3NO3/c1-26-18-12-16(11-17(13-18)20(21,22)23)9-5-6-10-24-19(25)27-14-15-7-3-2-4-8-15/h2-5,7-9,11-13H,6,10,14H2,1H3,(H,24,25). The Hall–Kier alpha value is -2.96. The van der Waals surface area contributed by atoms with Gasteiger partial charge in [-0.05, 0) is 35.7 Å². The summed E-state index contributed by atoms with van der Waals surface area (Å²) < 4.78 is 48.6. The van der Waals surface area contributed by atoms with E-state index in [2.05, 4.69) is 5.32 Å². The molecule has 27 heavy (non-hydrogen) atoms. The van der Waals surface area contributed by atoms with Crippen molar-refractivity contribution in [3.05, 3.63) is 71.3 Å². The molecule has 0 aliphatic rings. The molecule has 0 radical (unpaired) electrons. The molecular weight excluding hydrogens is 359 g/mol. The monoisotopic (exact) mass is 379 g/mol. The Morgan fingerprint density at radius 1 is 1.15 bits per heavy atom. The lowest BCUT2D eigenvalue weighted by molar-refractivity contribution is -0.137. The van der Waals surface area contributed by atoms with E-state index >= 15 is 0 Å². The number of alkyl halides is 3. The van der Waals surface area contributed by atoms with Gasteiger partial charge < -0.3 is 14.8 Å². The number of carbonyl (C=O) groups excluding carboxylic acids is 1. The molecule has 0 heterocycles. The highest BCUT2D eigenvalue weighted by atomic mass is 19.4. The molecule has 2 rings (SSSR count). The quantitative estimate of drug-likeness (QED) is 0.686. The van der Waals surface area contributed by atoms with Crippen molar-refractivity contribution in [1.29, 1.82) is 0 Å². The number of amides is 1. The van der Waals surface area contributed by atoms with Crippen LogP contribution in [0.5, 0.6) is 5.75 Å². The van der Waals surface area contributed by atoms with Crippen molar-refractivity contribution in [3.8, 4) is 5.75 Å². The number of halogens is 3. The fraction of sp³-hybridized carbons (Fsp3) is 0.250. The molecular formula is C20H20F3NO3. The number of rotatable bonds is 7. The van der Waals surface area contributed by atoms with Crippen LogP contribution < -0.4 is 10.1 Å².